The maximum Gasteiger partial charge on any atom is 0.191 e. The van der Waals surface area contributed by atoms with Gasteiger partial charge in [-0.3, -0.25) is 4.99 Å². The summed E-state index contributed by atoms with van der Waals surface area (Å²) >= 11 is 3.59. The van der Waals surface area contributed by atoms with Gasteiger partial charge in [-0.1, -0.05) is 13.0 Å². The van der Waals surface area contributed by atoms with E-state index in [1.165, 1.54) is 14.8 Å². The van der Waals surface area contributed by atoms with Crippen molar-refractivity contribution >= 4 is 28.6 Å². The number of aromatic nitrogens is 1. The molecule has 2 rings (SSSR count). The Kier molecular flexibility index (Phi) is 6.69. The SMILES string of the molecule is CCc1cnc(CCNC(=NC)NCCc2cccs2)s1. The fourth-order valence-electron chi connectivity index (χ4n) is 1.89. The average molecular weight is 323 g/mol. The van der Waals surface area contributed by atoms with Gasteiger partial charge in [0, 0.05) is 42.5 Å². The van der Waals surface area contributed by atoms with E-state index in [4.69, 9.17) is 0 Å². The maximum atomic E-state index is 4.43. The van der Waals surface area contributed by atoms with Crippen LogP contribution in [0.2, 0.25) is 0 Å². The van der Waals surface area contributed by atoms with Crippen LogP contribution in [0.15, 0.2) is 28.7 Å². The first kappa shape index (κ1) is 16.0. The number of nitrogens with one attached hydrogen (secondary N) is 2. The van der Waals surface area contributed by atoms with Gasteiger partial charge < -0.3 is 10.6 Å². The Morgan fingerprint density at radius 3 is 2.67 bits per heavy atom. The molecule has 2 N–H and O–H groups in total. The average Bonchev–Trinajstić information content (AvgIpc) is 3.17. The maximum absolute atomic E-state index is 4.43. The highest BCUT2D eigenvalue weighted by Gasteiger charge is 2.02. The summed E-state index contributed by atoms with van der Waals surface area (Å²) < 4.78 is 0. The van der Waals surface area contributed by atoms with Gasteiger partial charge in [-0.05, 0) is 24.3 Å². The molecule has 21 heavy (non-hydrogen) atoms. The molecule has 6 heteroatoms. The van der Waals surface area contributed by atoms with E-state index in [9.17, 15) is 0 Å². The van der Waals surface area contributed by atoms with E-state index < -0.39 is 0 Å². The first-order chi connectivity index (χ1) is 10.3. The van der Waals surface area contributed by atoms with Crippen molar-refractivity contribution in [1.82, 2.24) is 15.6 Å². The molecule has 0 radical (unpaired) electrons. The Morgan fingerprint density at radius 2 is 2.05 bits per heavy atom. The number of aliphatic imine (C=N–C) groups is 1. The summed E-state index contributed by atoms with van der Waals surface area (Å²) in [5, 5.41) is 9.97. The van der Waals surface area contributed by atoms with Crippen LogP contribution in [0.1, 0.15) is 21.7 Å². The molecule has 2 heterocycles. The number of thiazole rings is 1. The third-order valence-electron chi connectivity index (χ3n) is 3.05. The van der Waals surface area contributed by atoms with Crippen molar-refractivity contribution in [3.63, 3.8) is 0 Å². The summed E-state index contributed by atoms with van der Waals surface area (Å²) in [6, 6.07) is 4.25. The number of aryl methyl sites for hydroxylation is 1. The number of hydrogen-bond acceptors (Lipinski definition) is 4. The van der Waals surface area contributed by atoms with Crippen molar-refractivity contribution in [1.29, 1.82) is 0 Å². The van der Waals surface area contributed by atoms with Gasteiger partial charge in [0.05, 0.1) is 5.01 Å². The van der Waals surface area contributed by atoms with E-state index in [1.54, 1.807) is 29.7 Å². The van der Waals surface area contributed by atoms with Crippen molar-refractivity contribution in [2.45, 2.75) is 26.2 Å². The summed E-state index contributed by atoms with van der Waals surface area (Å²) in [5.41, 5.74) is 0. The summed E-state index contributed by atoms with van der Waals surface area (Å²) in [5.74, 6) is 0.860. The standard InChI is InChI=1S/C15H22N4S2/c1-3-12-11-19-14(21-12)7-9-18-15(16-2)17-8-6-13-5-4-10-20-13/h4-5,10-11H,3,6-9H2,1-2H3,(H2,16,17,18). The number of hydrogen-bond donors (Lipinski definition) is 2. The third kappa shape index (κ3) is 5.47. The first-order valence-corrected chi connectivity index (χ1v) is 8.92. The molecule has 0 saturated carbocycles. The second kappa shape index (κ2) is 8.79. The normalized spacial score (nSPS) is 11.6. The van der Waals surface area contributed by atoms with Crippen molar-refractivity contribution in [2.24, 2.45) is 4.99 Å². The highest BCUT2D eigenvalue weighted by atomic mass is 32.1. The van der Waals surface area contributed by atoms with Crippen LogP contribution in [0, 0.1) is 0 Å². The number of nitrogens with zero attached hydrogens (tertiary/aromatic N) is 2. The molecule has 2 aromatic heterocycles. The van der Waals surface area contributed by atoms with Crippen LogP contribution in [0.25, 0.3) is 0 Å². The zero-order valence-corrected chi connectivity index (χ0v) is 14.2. The Labute approximate surface area is 134 Å². The summed E-state index contributed by atoms with van der Waals surface area (Å²) in [4.78, 5) is 11.4. The van der Waals surface area contributed by atoms with Crippen LogP contribution in [-0.4, -0.2) is 31.1 Å². The molecule has 0 bridgehead atoms. The molecule has 0 aliphatic heterocycles. The highest BCUT2D eigenvalue weighted by Crippen LogP contribution is 2.13. The number of guanidine groups is 1. The van der Waals surface area contributed by atoms with Gasteiger partial charge in [0.1, 0.15) is 0 Å². The topological polar surface area (TPSA) is 49.3 Å². The number of rotatable bonds is 7. The van der Waals surface area contributed by atoms with E-state index in [0.717, 1.165) is 38.3 Å². The highest BCUT2D eigenvalue weighted by molar-refractivity contribution is 7.11. The molecule has 0 aliphatic carbocycles. The van der Waals surface area contributed by atoms with Crippen molar-refractivity contribution < 1.29 is 0 Å². The summed E-state index contributed by atoms with van der Waals surface area (Å²) in [7, 11) is 1.80. The van der Waals surface area contributed by atoms with Gasteiger partial charge >= 0.3 is 0 Å². The van der Waals surface area contributed by atoms with Crippen molar-refractivity contribution in [2.75, 3.05) is 20.1 Å². The van der Waals surface area contributed by atoms with Gasteiger partial charge in [-0.25, -0.2) is 4.98 Å². The Bertz CT molecular complexity index is 546. The Hall–Kier alpha value is -1.40. The quantitative estimate of drug-likeness (QED) is 0.609. The lowest BCUT2D eigenvalue weighted by Crippen LogP contribution is -2.39. The van der Waals surface area contributed by atoms with Crippen LogP contribution in [0.3, 0.4) is 0 Å². The van der Waals surface area contributed by atoms with Gasteiger partial charge in [0.15, 0.2) is 5.96 Å². The molecular formula is C15H22N4S2. The molecule has 2 aromatic rings. The molecule has 4 nitrogen and oxygen atoms in total. The lowest BCUT2D eigenvalue weighted by molar-refractivity contribution is 0.785. The third-order valence-corrected chi connectivity index (χ3v) is 5.19. The molecule has 0 aliphatic rings. The lowest BCUT2D eigenvalue weighted by Gasteiger charge is -2.10. The first-order valence-electron chi connectivity index (χ1n) is 7.22. The van der Waals surface area contributed by atoms with E-state index >= 15 is 0 Å². The molecule has 0 amide bonds. The van der Waals surface area contributed by atoms with Crippen LogP contribution < -0.4 is 10.6 Å². The van der Waals surface area contributed by atoms with Gasteiger partial charge in [-0.2, -0.15) is 0 Å². The molecule has 0 atom stereocenters. The minimum absolute atomic E-state index is 0.856. The predicted molar refractivity (Wildman–Crippen MR) is 92.6 cm³/mol. The molecule has 114 valence electrons. The van der Waals surface area contributed by atoms with Crippen molar-refractivity contribution in [3.05, 3.63) is 38.5 Å². The molecular weight excluding hydrogens is 300 g/mol. The minimum Gasteiger partial charge on any atom is -0.356 e. The number of thiophene rings is 1. The smallest absolute Gasteiger partial charge is 0.191 e. The van der Waals surface area contributed by atoms with E-state index in [-0.39, 0.29) is 0 Å². The van der Waals surface area contributed by atoms with Gasteiger partial charge in [0.2, 0.25) is 0 Å². The van der Waals surface area contributed by atoms with E-state index in [1.807, 2.05) is 6.20 Å². The monoisotopic (exact) mass is 322 g/mol. The Balaban J connectivity index is 1.65. The lowest BCUT2D eigenvalue weighted by atomic mass is 10.3. The van der Waals surface area contributed by atoms with Crippen LogP contribution in [0.5, 0.6) is 0 Å². The molecule has 0 aromatic carbocycles. The summed E-state index contributed by atoms with van der Waals surface area (Å²) in [6.07, 6.45) is 5.02. The second-order valence-corrected chi connectivity index (χ2v) is 6.81. The summed E-state index contributed by atoms with van der Waals surface area (Å²) in [6.45, 7) is 3.92. The Morgan fingerprint density at radius 1 is 1.24 bits per heavy atom. The fraction of sp³-hybridized carbons (Fsp3) is 0.467. The predicted octanol–water partition coefficient (Wildman–Crippen LogP) is 2.72. The molecule has 0 spiro atoms. The minimum atomic E-state index is 0.856. The zero-order chi connectivity index (χ0) is 14.9. The second-order valence-electron chi connectivity index (χ2n) is 4.58. The van der Waals surface area contributed by atoms with Gasteiger partial charge in [-0.15, -0.1) is 22.7 Å². The largest absolute Gasteiger partial charge is 0.356 e. The van der Waals surface area contributed by atoms with Gasteiger partial charge in [0.25, 0.3) is 0 Å². The van der Waals surface area contributed by atoms with Crippen LogP contribution in [0.4, 0.5) is 0 Å². The van der Waals surface area contributed by atoms with Crippen LogP contribution >= 0.6 is 22.7 Å². The van der Waals surface area contributed by atoms with Crippen molar-refractivity contribution in [3.8, 4) is 0 Å². The molecule has 0 saturated heterocycles. The zero-order valence-electron chi connectivity index (χ0n) is 12.6. The van der Waals surface area contributed by atoms with E-state index in [2.05, 4.69) is 45.0 Å². The molecule has 0 fully saturated rings. The van der Waals surface area contributed by atoms with Crippen LogP contribution in [-0.2, 0) is 19.3 Å². The van der Waals surface area contributed by atoms with E-state index in [0.29, 0.717) is 0 Å². The molecule has 0 unspecified atom stereocenters. The fourth-order valence-corrected chi connectivity index (χ4v) is 3.47.